The van der Waals surface area contributed by atoms with Gasteiger partial charge in [-0.25, -0.2) is 9.18 Å². The third kappa shape index (κ3) is 6.49. The van der Waals surface area contributed by atoms with Gasteiger partial charge in [0.1, 0.15) is 23.8 Å². The number of rotatable bonds is 7. The van der Waals surface area contributed by atoms with E-state index in [4.69, 9.17) is 14.6 Å². The molecule has 0 radical (unpaired) electrons. The largest absolute Gasteiger partial charge is 0.490 e. The molecule has 1 aliphatic heterocycles. The monoisotopic (exact) mass is 499 g/mol. The molecule has 1 N–H and O–H groups in total. The van der Waals surface area contributed by atoms with Crippen LogP contribution >= 0.6 is 12.6 Å². The van der Waals surface area contributed by atoms with Gasteiger partial charge in [0.25, 0.3) is 0 Å². The van der Waals surface area contributed by atoms with Crippen molar-refractivity contribution in [1.29, 1.82) is 0 Å². The van der Waals surface area contributed by atoms with Crippen molar-refractivity contribution in [3.63, 3.8) is 0 Å². The van der Waals surface area contributed by atoms with Gasteiger partial charge in [0.15, 0.2) is 0 Å². The van der Waals surface area contributed by atoms with E-state index in [9.17, 15) is 9.18 Å². The third-order valence-corrected chi connectivity index (χ3v) is 5.43. The summed E-state index contributed by atoms with van der Waals surface area (Å²) in [7, 11) is 0. The van der Waals surface area contributed by atoms with Crippen LogP contribution in [0.3, 0.4) is 0 Å². The molecule has 1 aromatic heterocycles. The van der Waals surface area contributed by atoms with Gasteiger partial charge in [0, 0.05) is 52.5 Å². The minimum Gasteiger partial charge on any atom is -0.490 e. The lowest BCUT2D eigenvalue weighted by atomic mass is 9.97. The van der Waals surface area contributed by atoms with E-state index in [0.29, 0.717) is 46.8 Å². The molecule has 0 fully saturated rings. The average molecular weight is 500 g/mol. The maximum Gasteiger partial charge on any atom is 0.410 e. The van der Waals surface area contributed by atoms with Crippen molar-refractivity contribution in [2.75, 3.05) is 19.8 Å². The van der Waals surface area contributed by atoms with Gasteiger partial charge in [-0.2, -0.15) is 0 Å². The van der Waals surface area contributed by atoms with Crippen molar-refractivity contribution >= 4 is 36.7 Å². The van der Waals surface area contributed by atoms with Crippen LogP contribution in [0.2, 0.25) is 0 Å². The van der Waals surface area contributed by atoms with Crippen LogP contribution in [0, 0.1) is 5.82 Å². The number of allylic oxidation sites excluding steroid dienone is 1. The number of benzene rings is 1. The standard InChI is InChI=1S/C26H30FN3O4S/c1-16(35)23(20-7-6-19(27)13-22(20)33-11-10-31)24(28-5)17-12-18-15-30(9-8-21(18)29-14-17)25(32)34-26(2,3)4/h6-7,12-14,31,35H,1,5,8-11,15H2,2-4H3/b24-23+. The maximum absolute atomic E-state index is 13.9. The predicted octanol–water partition coefficient (Wildman–Crippen LogP) is 4.90. The van der Waals surface area contributed by atoms with Crippen molar-refractivity contribution in [2.45, 2.75) is 39.3 Å². The van der Waals surface area contributed by atoms with Crippen LogP contribution in [0.4, 0.5) is 9.18 Å². The Morgan fingerprint density at radius 1 is 1.34 bits per heavy atom. The number of thiol groups is 1. The molecule has 9 heteroatoms. The van der Waals surface area contributed by atoms with E-state index in [-0.39, 0.29) is 25.1 Å². The topological polar surface area (TPSA) is 84.3 Å². The number of fused-ring (bicyclic) bond motifs is 1. The van der Waals surface area contributed by atoms with E-state index in [1.54, 1.807) is 17.2 Å². The summed E-state index contributed by atoms with van der Waals surface area (Å²) in [5, 5.41) is 9.17. The first-order valence-corrected chi connectivity index (χ1v) is 11.6. The molecule has 0 spiro atoms. The van der Waals surface area contributed by atoms with Crippen molar-refractivity contribution < 1.29 is 23.8 Å². The van der Waals surface area contributed by atoms with Gasteiger partial charge >= 0.3 is 6.09 Å². The number of ether oxygens (including phenoxy) is 2. The maximum atomic E-state index is 13.9. The number of carbonyl (C=O) groups excluding carboxylic acids is 1. The van der Waals surface area contributed by atoms with Crippen molar-refractivity contribution in [3.8, 4) is 5.75 Å². The molecular formula is C26H30FN3O4S. The summed E-state index contributed by atoms with van der Waals surface area (Å²) >= 11 is 4.46. The molecule has 3 rings (SSSR count). The number of nitrogens with zero attached hydrogens (tertiary/aromatic N) is 3. The first-order valence-electron chi connectivity index (χ1n) is 11.1. The van der Waals surface area contributed by atoms with E-state index < -0.39 is 11.4 Å². The van der Waals surface area contributed by atoms with Gasteiger partial charge in [-0.3, -0.25) is 9.98 Å². The Hall–Kier alpha value is -3.17. The average Bonchev–Trinajstić information content (AvgIpc) is 2.79. The lowest BCUT2D eigenvalue weighted by Crippen LogP contribution is -2.40. The second kappa shape index (κ2) is 11.0. The Kier molecular flexibility index (Phi) is 8.34. The summed E-state index contributed by atoms with van der Waals surface area (Å²) in [5.41, 5.74) is 3.20. The fourth-order valence-electron chi connectivity index (χ4n) is 3.75. The van der Waals surface area contributed by atoms with E-state index in [1.165, 1.54) is 12.1 Å². The summed E-state index contributed by atoms with van der Waals surface area (Å²) in [5.74, 6) is -0.274. The minimum atomic E-state index is -0.590. The Morgan fingerprint density at radius 2 is 2.09 bits per heavy atom. The zero-order valence-electron chi connectivity index (χ0n) is 20.2. The number of aliphatic imine (C=N–C) groups is 1. The number of carbonyl (C=O) groups is 1. The molecule has 35 heavy (non-hydrogen) atoms. The zero-order valence-corrected chi connectivity index (χ0v) is 21.1. The highest BCUT2D eigenvalue weighted by Gasteiger charge is 2.27. The normalized spacial score (nSPS) is 14.1. The van der Waals surface area contributed by atoms with Crippen molar-refractivity contribution in [2.24, 2.45) is 4.99 Å². The molecule has 1 aliphatic rings. The smallest absolute Gasteiger partial charge is 0.410 e. The first kappa shape index (κ1) is 26.4. The Labute approximate surface area is 210 Å². The molecule has 0 bridgehead atoms. The molecule has 2 heterocycles. The van der Waals surface area contributed by atoms with E-state index in [2.05, 4.69) is 35.9 Å². The quantitative estimate of drug-likeness (QED) is 0.322. The molecule has 0 aliphatic carbocycles. The number of hydrogen-bond donors (Lipinski definition) is 2. The fraction of sp³-hybridized carbons (Fsp3) is 0.346. The van der Waals surface area contributed by atoms with Gasteiger partial charge < -0.3 is 19.5 Å². The molecule has 0 atom stereocenters. The molecule has 7 nitrogen and oxygen atoms in total. The van der Waals surface area contributed by atoms with Crippen LogP contribution in [0.1, 0.15) is 43.2 Å². The lowest BCUT2D eigenvalue weighted by Gasteiger charge is -2.31. The van der Waals surface area contributed by atoms with Gasteiger partial charge in [0.05, 0.1) is 18.8 Å². The number of pyridine rings is 1. The van der Waals surface area contributed by atoms with Crippen LogP contribution in [-0.4, -0.2) is 53.2 Å². The molecule has 0 saturated carbocycles. The molecule has 1 aromatic carbocycles. The molecule has 1 amide bonds. The number of aliphatic hydroxyl groups excluding tert-OH is 1. The van der Waals surface area contributed by atoms with Gasteiger partial charge in [-0.05, 0) is 51.3 Å². The lowest BCUT2D eigenvalue weighted by molar-refractivity contribution is 0.0222. The Morgan fingerprint density at radius 3 is 2.71 bits per heavy atom. The van der Waals surface area contributed by atoms with Crippen LogP contribution in [0.25, 0.3) is 11.3 Å². The minimum absolute atomic E-state index is 0.0134. The Bertz CT molecular complexity index is 1170. The predicted molar refractivity (Wildman–Crippen MR) is 138 cm³/mol. The Balaban J connectivity index is 2.05. The molecular weight excluding hydrogens is 469 g/mol. The van der Waals surface area contributed by atoms with Gasteiger partial charge in [0.2, 0.25) is 0 Å². The van der Waals surface area contributed by atoms with E-state index >= 15 is 0 Å². The summed E-state index contributed by atoms with van der Waals surface area (Å²) in [6.07, 6.45) is 1.90. The molecule has 186 valence electrons. The van der Waals surface area contributed by atoms with E-state index in [0.717, 1.165) is 11.3 Å². The second-order valence-electron chi connectivity index (χ2n) is 9.02. The zero-order chi connectivity index (χ0) is 25.8. The molecule has 2 aromatic rings. The van der Waals surface area contributed by atoms with Crippen molar-refractivity contribution in [1.82, 2.24) is 9.88 Å². The highest BCUT2D eigenvalue weighted by Crippen LogP contribution is 2.39. The fourth-order valence-corrected chi connectivity index (χ4v) is 3.98. The second-order valence-corrected chi connectivity index (χ2v) is 9.56. The summed E-state index contributed by atoms with van der Waals surface area (Å²) in [6.45, 7) is 13.8. The first-order chi connectivity index (χ1) is 16.5. The number of hydrogen-bond acceptors (Lipinski definition) is 7. The number of amides is 1. The van der Waals surface area contributed by atoms with Crippen LogP contribution < -0.4 is 4.74 Å². The number of aromatic nitrogens is 1. The highest BCUT2D eigenvalue weighted by atomic mass is 32.1. The highest BCUT2D eigenvalue weighted by molar-refractivity contribution is 7.85. The summed E-state index contributed by atoms with van der Waals surface area (Å²) < 4.78 is 25.0. The SMILES string of the molecule is C=N/C(=C(\C(=C)S)c1ccc(F)cc1OCCO)c1cnc2c(c1)CN(C(=O)OC(C)(C)C)CC2. The van der Waals surface area contributed by atoms with Crippen LogP contribution in [0.5, 0.6) is 5.75 Å². The van der Waals surface area contributed by atoms with Gasteiger partial charge in [-0.15, -0.1) is 12.6 Å². The van der Waals surface area contributed by atoms with E-state index in [1.807, 2.05) is 26.8 Å². The summed E-state index contributed by atoms with van der Waals surface area (Å²) in [4.78, 5) is 23.4. The molecule has 0 saturated heterocycles. The summed E-state index contributed by atoms with van der Waals surface area (Å²) in [6, 6.07) is 5.96. The van der Waals surface area contributed by atoms with Crippen molar-refractivity contribution in [3.05, 3.63) is 70.1 Å². The van der Waals surface area contributed by atoms with Crippen LogP contribution in [-0.2, 0) is 17.7 Å². The van der Waals surface area contributed by atoms with Gasteiger partial charge in [-0.1, -0.05) is 6.58 Å². The third-order valence-electron chi connectivity index (χ3n) is 5.21. The number of halogens is 1. The van der Waals surface area contributed by atoms with Crippen LogP contribution in [0.15, 0.2) is 46.9 Å². The molecule has 0 unspecified atom stereocenters. The number of aliphatic hydroxyl groups is 1.